The lowest BCUT2D eigenvalue weighted by Crippen LogP contribution is -2.29. The van der Waals surface area contributed by atoms with Gasteiger partial charge in [0.05, 0.1) is 13.2 Å². The molecule has 0 heterocycles. The molecule has 0 bridgehead atoms. The van der Waals surface area contributed by atoms with Gasteiger partial charge in [0.1, 0.15) is 6.61 Å². The van der Waals surface area contributed by atoms with Crippen molar-refractivity contribution in [3.8, 4) is 0 Å². The molecule has 10 heteroatoms. The van der Waals surface area contributed by atoms with Gasteiger partial charge in [-0.1, -0.05) is 184 Å². The Kier molecular flexibility index (Phi) is 42.0. The maximum absolute atomic E-state index is 12.6. The zero-order chi connectivity index (χ0) is 41.8. The van der Waals surface area contributed by atoms with Crippen molar-refractivity contribution < 1.29 is 37.6 Å². The average molecular weight is 824 g/mol. The van der Waals surface area contributed by atoms with Gasteiger partial charge in [-0.05, 0) is 57.8 Å². The largest absolute Gasteiger partial charge is 0.472 e. The van der Waals surface area contributed by atoms with Crippen LogP contribution in [0.5, 0.6) is 0 Å². The molecule has 0 aliphatic rings. The molecule has 0 aliphatic heterocycles. The molecule has 2 unspecified atom stereocenters. The number of ether oxygens (including phenoxy) is 2. The Balaban J connectivity index is 4.06. The molecule has 0 aromatic rings. The first-order valence-corrected chi connectivity index (χ1v) is 24.6. The maximum atomic E-state index is 12.6. The normalized spacial score (nSPS) is 13.7. The highest BCUT2D eigenvalue weighted by molar-refractivity contribution is 7.47. The molecule has 0 saturated carbocycles. The van der Waals surface area contributed by atoms with Gasteiger partial charge in [-0.25, -0.2) is 4.57 Å². The summed E-state index contributed by atoms with van der Waals surface area (Å²) in [6.07, 6.45) is 50.1. The van der Waals surface area contributed by atoms with E-state index in [9.17, 15) is 19.0 Å². The average Bonchev–Trinajstić information content (AvgIpc) is 3.20. The number of carbonyl (C=O) groups excluding carboxylic acids is 2. The molecular weight excluding hydrogens is 737 g/mol. The Morgan fingerprint density at radius 3 is 1.47 bits per heavy atom. The quantitative estimate of drug-likeness (QED) is 0.0203. The number of rotatable bonds is 43. The van der Waals surface area contributed by atoms with Crippen molar-refractivity contribution >= 4 is 19.8 Å². The summed E-state index contributed by atoms with van der Waals surface area (Å²) in [5.74, 6) is -0.856. The molecule has 0 fully saturated rings. The van der Waals surface area contributed by atoms with E-state index in [1.165, 1.54) is 103 Å². The van der Waals surface area contributed by atoms with Crippen LogP contribution in [0.2, 0.25) is 0 Å². The lowest BCUT2D eigenvalue weighted by atomic mass is 10.0. The molecule has 0 spiro atoms. The van der Waals surface area contributed by atoms with Gasteiger partial charge in [0, 0.05) is 19.4 Å². The van der Waals surface area contributed by atoms with E-state index in [0.29, 0.717) is 6.42 Å². The smallest absolute Gasteiger partial charge is 0.462 e. The zero-order valence-electron chi connectivity index (χ0n) is 36.6. The third-order valence-electron chi connectivity index (χ3n) is 9.76. The monoisotopic (exact) mass is 824 g/mol. The Morgan fingerprint density at radius 2 is 0.982 bits per heavy atom. The highest BCUT2D eigenvalue weighted by atomic mass is 31.2. The van der Waals surface area contributed by atoms with Gasteiger partial charge < -0.3 is 20.1 Å². The lowest BCUT2D eigenvalue weighted by Gasteiger charge is -2.19. The van der Waals surface area contributed by atoms with Crippen LogP contribution in [0.3, 0.4) is 0 Å². The summed E-state index contributed by atoms with van der Waals surface area (Å²) in [7, 11) is -4.38. The highest BCUT2D eigenvalue weighted by Crippen LogP contribution is 2.43. The molecule has 2 atom stereocenters. The molecule has 0 saturated heterocycles. The standard InChI is InChI=1S/C47H86NO8P/c1-3-5-7-9-11-13-15-17-18-19-20-21-22-23-24-25-26-28-29-31-33-35-37-39-46(49)53-43-45(44-55-57(51,52)54-42-41-48)56-47(50)40-38-36-34-32-30-27-16-14-12-10-8-6-4-2/h6,8,10,12,14,16,23-24,45H,3-5,7,9,11,13,15,17-22,25-44,48H2,1-2H3,(H,51,52)/b8-6+,12-10+,16-14+,24-23+. The van der Waals surface area contributed by atoms with Crippen molar-refractivity contribution in [2.24, 2.45) is 5.73 Å². The van der Waals surface area contributed by atoms with Crippen molar-refractivity contribution in [1.82, 2.24) is 0 Å². The van der Waals surface area contributed by atoms with E-state index in [1.54, 1.807) is 0 Å². The first-order valence-electron chi connectivity index (χ1n) is 23.1. The Hall–Kier alpha value is -2.03. The third-order valence-corrected chi connectivity index (χ3v) is 10.7. The van der Waals surface area contributed by atoms with Gasteiger partial charge >= 0.3 is 19.8 Å². The summed E-state index contributed by atoms with van der Waals surface area (Å²) in [5.41, 5.74) is 5.35. The summed E-state index contributed by atoms with van der Waals surface area (Å²) in [6, 6.07) is 0. The van der Waals surface area contributed by atoms with Crippen LogP contribution < -0.4 is 5.73 Å². The van der Waals surface area contributed by atoms with E-state index in [-0.39, 0.29) is 32.6 Å². The van der Waals surface area contributed by atoms with E-state index < -0.39 is 32.5 Å². The van der Waals surface area contributed by atoms with Crippen molar-refractivity contribution in [3.05, 3.63) is 48.6 Å². The molecule has 0 aliphatic carbocycles. The van der Waals surface area contributed by atoms with Crippen LogP contribution in [-0.4, -0.2) is 49.3 Å². The van der Waals surface area contributed by atoms with Crippen LogP contribution in [0.25, 0.3) is 0 Å². The van der Waals surface area contributed by atoms with E-state index >= 15 is 0 Å². The summed E-state index contributed by atoms with van der Waals surface area (Å²) in [6.45, 7) is 3.58. The highest BCUT2D eigenvalue weighted by Gasteiger charge is 2.26. The molecule has 332 valence electrons. The number of hydrogen-bond donors (Lipinski definition) is 2. The fourth-order valence-corrected chi connectivity index (χ4v) is 7.10. The number of nitrogens with two attached hydrogens (primary N) is 1. The van der Waals surface area contributed by atoms with Crippen LogP contribution in [0.1, 0.15) is 206 Å². The Bertz CT molecular complexity index is 1080. The van der Waals surface area contributed by atoms with Gasteiger partial charge in [0.15, 0.2) is 6.10 Å². The van der Waals surface area contributed by atoms with Gasteiger partial charge in [-0.15, -0.1) is 0 Å². The van der Waals surface area contributed by atoms with Gasteiger partial charge in [0.2, 0.25) is 0 Å². The van der Waals surface area contributed by atoms with Crippen LogP contribution in [-0.2, 0) is 32.7 Å². The van der Waals surface area contributed by atoms with Crippen molar-refractivity contribution in [2.75, 3.05) is 26.4 Å². The molecule has 0 rings (SSSR count). The summed E-state index contributed by atoms with van der Waals surface area (Å²) in [4.78, 5) is 34.9. The number of unbranched alkanes of at least 4 members (excludes halogenated alkanes) is 24. The number of esters is 2. The van der Waals surface area contributed by atoms with Gasteiger partial charge in [0.25, 0.3) is 0 Å². The van der Waals surface area contributed by atoms with Crippen LogP contribution in [0.15, 0.2) is 48.6 Å². The second-order valence-corrected chi connectivity index (χ2v) is 16.8. The van der Waals surface area contributed by atoms with E-state index in [2.05, 4.69) is 44.2 Å². The maximum Gasteiger partial charge on any atom is 0.472 e. The topological polar surface area (TPSA) is 134 Å². The Labute approximate surface area is 349 Å². The number of carbonyl (C=O) groups is 2. The first kappa shape index (κ1) is 55.0. The summed E-state index contributed by atoms with van der Waals surface area (Å²) in [5, 5.41) is 0. The number of hydrogen-bond acceptors (Lipinski definition) is 8. The Morgan fingerprint density at radius 1 is 0.544 bits per heavy atom. The van der Waals surface area contributed by atoms with E-state index in [0.717, 1.165) is 70.6 Å². The van der Waals surface area contributed by atoms with E-state index in [1.807, 2.05) is 18.2 Å². The fourth-order valence-electron chi connectivity index (χ4n) is 6.34. The summed E-state index contributed by atoms with van der Waals surface area (Å²) >= 11 is 0. The molecule has 0 aromatic carbocycles. The number of phosphoric acid groups is 1. The molecule has 0 aromatic heterocycles. The first-order chi connectivity index (χ1) is 27.8. The molecule has 57 heavy (non-hydrogen) atoms. The number of phosphoric ester groups is 1. The van der Waals surface area contributed by atoms with E-state index in [4.69, 9.17) is 24.3 Å². The predicted octanol–water partition coefficient (Wildman–Crippen LogP) is 13.5. The van der Waals surface area contributed by atoms with Gasteiger partial charge in [-0.3, -0.25) is 18.6 Å². The minimum atomic E-state index is -4.38. The SMILES string of the molecule is CC/C=C/C=C/C=C/CCCCCCCC(=O)OC(COC(=O)CCCCCCCCC/C=C/CCCCCCCCCCCCCC)COP(=O)(O)OCCN. The second-order valence-electron chi connectivity index (χ2n) is 15.3. The molecular formula is C47H86NO8P. The number of allylic oxidation sites excluding steroid dienone is 8. The predicted molar refractivity (Wildman–Crippen MR) is 238 cm³/mol. The molecule has 0 amide bonds. The minimum absolute atomic E-state index is 0.0477. The minimum Gasteiger partial charge on any atom is -0.462 e. The molecule has 0 radical (unpaired) electrons. The van der Waals surface area contributed by atoms with Crippen molar-refractivity contribution in [2.45, 2.75) is 213 Å². The van der Waals surface area contributed by atoms with Crippen molar-refractivity contribution in [3.63, 3.8) is 0 Å². The van der Waals surface area contributed by atoms with Gasteiger partial charge in [-0.2, -0.15) is 0 Å². The second kappa shape index (κ2) is 43.5. The summed E-state index contributed by atoms with van der Waals surface area (Å²) < 4.78 is 32.8. The van der Waals surface area contributed by atoms with Crippen molar-refractivity contribution in [1.29, 1.82) is 0 Å². The van der Waals surface area contributed by atoms with Crippen LogP contribution in [0.4, 0.5) is 0 Å². The zero-order valence-corrected chi connectivity index (χ0v) is 37.5. The fraction of sp³-hybridized carbons (Fsp3) is 0.787. The third kappa shape index (κ3) is 43.4. The lowest BCUT2D eigenvalue weighted by molar-refractivity contribution is -0.161. The molecule has 9 nitrogen and oxygen atoms in total. The van der Waals surface area contributed by atoms with Crippen LogP contribution in [0, 0.1) is 0 Å². The van der Waals surface area contributed by atoms with Crippen LogP contribution >= 0.6 is 7.82 Å². The molecule has 3 N–H and O–H groups in total.